The first-order valence-corrected chi connectivity index (χ1v) is 5.78. The summed E-state index contributed by atoms with van der Waals surface area (Å²) in [6.45, 7) is 1.88. The van der Waals surface area contributed by atoms with Crippen molar-refractivity contribution in [1.29, 1.82) is 0 Å². The number of carbonyl (C=O) groups is 2. The number of anilines is 2. The maximum absolute atomic E-state index is 12.3. The summed E-state index contributed by atoms with van der Waals surface area (Å²) in [4.78, 5) is 29.6. The van der Waals surface area contributed by atoms with Gasteiger partial charge in [0.15, 0.2) is 0 Å². The molecule has 2 N–H and O–H groups in total. The standard InChI is InChI=1S/C14H11N3O2/c1-8-2-3-9-10(6-8)14(19)17(13(9)18)12-4-5-16-7-11(12)15/h2-7H,15H2,1H3. The van der Waals surface area contributed by atoms with Gasteiger partial charge in [-0.1, -0.05) is 11.6 Å². The van der Waals surface area contributed by atoms with Gasteiger partial charge in [-0.25, -0.2) is 4.90 Å². The van der Waals surface area contributed by atoms with Crippen molar-refractivity contribution in [1.82, 2.24) is 4.98 Å². The number of imide groups is 1. The molecule has 0 atom stereocenters. The number of nitrogens with zero attached hydrogens (tertiary/aromatic N) is 2. The minimum atomic E-state index is -0.349. The molecule has 5 heteroatoms. The van der Waals surface area contributed by atoms with Gasteiger partial charge >= 0.3 is 0 Å². The average molecular weight is 253 g/mol. The third-order valence-corrected chi connectivity index (χ3v) is 3.11. The second-order valence-electron chi connectivity index (χ2n) is 4.43. The quantitative estimate of drug-likeness (QED) is 0.786. The average Bonchev–Trinajstić information content (AvgIpc) is 2.63. The first kappa shape index (κ1) is 11.4. The number of rotatable bonds is 1. The van der Waals surface area contributed by atoms with E-state index in [-0.39, 0.29) is 11.8 Å². The van der Waals surface area contributed by atoms with Gasteiger partial charge in [0.2, 0.25) is 0 Å². The molecule has 5 nitrogen and oxygen atoms in total. The number of hydrogen-bond acceptors (Lipinski definition) is 4. The molecule has 0 radical (unpaired) electrons. The lowest BCUT2D eigenvalue weighted by Crippen LogP contribution is -2.30. The fourth-order valence-corrected chi connectivity index (χ4v) is 2.18. The van der Waals surface area contributed by atoms with Crippen LogP contribution in [0.1, 0.15) is 26.3 Å². The zero-order chi connectivity index (χ0) is 13.6. The van der Waals surface area contributed by atoms with Crippen LogP contribution in [0, 0.1) is 6.92 Å². The predicted octanol–water partition coefficient (Wildman–Crippen LogP) is 1.77. The van der Waals surface area contributed by atoms with Crippen molar-refractivity contribution < 1.29 is 9.59 Å². The van der Waals surface area contributed by atoms with Crippen molar-refractivity contribution in [2.75, 3.05) is 10.6 Å². The Morgan fingerprint density at radius 1 is 1.11 bits per heavy atom. The van der Waals surface area contributed by atoms with E-state index in [0.717, 1.165) is 10.5 Å². The van der Waals surface area contributed by atoms with Crippen molar-refractivity contribution in [2.45, 2.75) is 6.92 Å². The number of pyridine rings is 1. The molecule has 2 amide bonds. The molecular formula is C14H11N3O2. The van der Waals surface area contributed by atoms with Crippen LogP contribution in [0.2, 0.25) is 0 Å². The van der Waals surface area contributed by atoms with Gasteiger partial charge in [0, 0.05) is 6.20 Å². The summed E-state index contributed by atoms with van der Waals surface area (Å²) in [6.07, 6.45) is 2.92. The van der Waals surface area contributed by atoms with E-state index in [1.807, 2.05) is 13.0 Å². The second-order valence-corrected chi connectivity index (χ2v) is 4.43. The van der Waals surface area contributed by atoms with E-state index in [2.05, 4.69) is 4.98 Å². The Morgan fingerprint density at radius 3 is 2.58 bits per heavy atom. The lowest BCUT2D eigenvalue weighted by Gasteiger charge is -2.15. The monoisotopic (exact) mass is 253 g/mol. The van der Waals surface area contributed by atoms with E-state index in [0.29, 0.717) is 22.5 Å². The largest absolute Gasteiger partial charge is 0.396 e. The highest BCUT2D eigenvalue weighted by Crippen LogP contribution is 2.31. The van der Waals surface area contributed by atoms with E-state index in [1.165, 1.54) is 12.4 Å². The number of nitrogen functional groups attached to an aromatic ring is 1. The van der Waals surface area contributed by atoms with Crippen LogP contribution in [-0.4, -0.2) is 16.8 Å². The van der Waals surface area contributed by atoms with Crippen molar-refractivity contribution in [3.05, 3.63) is 53.3 Å². The zero-order valence-corrected chi connectivity index (χ0v) is 10.3. The normalized spacial score (nSPS) is 13.8. The van der Waals surface area contributed by atoms with E-state index >= 15 is 0 Å². The summed E-state index contributed by atoms with van der Waals surface area (Å²) in [7, 11) is 0. The lowest BCUT2D eigenvalue weighted by molar-refractivity contribution is 0.0926. The first-order valence-electron chi connectivity index (χ1n) is 5.78. The number of aromatic nitrogens is 1. The highest BCUT2D eigenvalue weighted by Gasteiger charge is 2.37. The number of amides is 2. The van der Waals surface area contributed by atoms with Gasteiger partial charge in [-0.3, -0.25) is 14.6 Å². The Morgan fingerprint density at radius 2 is 1.84 bits per heavy atom. The summed E-state index contributed by atoms with van der Waals surface area (Å²) in [6, 6.07) is 6.75. The van der Waals surface area contributed by atoms with Crippen molar-refractivity contribution in [3.63, 3.8) is 0 Å². The molecule has 1 aliphatic heterocycles. The van der Waals surface area contributed by atoms with Crippen molar-refractivity contribution in [2.24, 2.45) is 0 Å². The highest BCUT2D eigenvalue weighted by atomic mass is 16.2. The summed E-state index contributed by atoms with van der Waals surface area (Å²) in [5.41, 5.74) is 8.22. The second kappa shape index (κ2) is 3.91. The van der Waals surface area contributed by atoms with E-state index < -0.39 is 0 Å². The molecule has 0 aliphatic carbocycles. The predicted molar refractivity (Wildman–Crippen MR) is 71.0 cm³/mol. The molecule has 1 aliphatic rings. The molecule has 2 heterocycles. The van der Waals surface area contributed by atoms with Crippen LogP contribution in [0.25, 0.3) is 0 Å². The Labute approximate surface area is 109 Å². The molecule has 2 aromatic rings. The molecule has 1 aromatic carbocycles. The minimum Gasteiger partial charge on any atom is -0.396 e. The van der Waals surface area contributed by atoms with Gasteiger partial charge in [0.1, 0.15) is 0 Å². The van der Waals surface area contributed by atoms with Crippen molar-refractivity contribution in [3.8, 4) is 0 Å². The Balaban J connectivity index is 2.16. The van der Waals surface area contributed by atoms with Crippen LogP contribution in [0.3, 0.4) is 0 Å². The number of fused-ring (bicyclic) bond motifs is 1. The lowest BCUT2D eigenvalue weighted by atomic mass is 10.1. The molecule has 19 heavy (non-hydrogen) atoms. The number of benzene rings is 1. The molecule has 94 valence electrons. The molecule has 1 aromatic heterocycles. The molecule has 3 rings (SSSR count). The first-order chi connectivity index (χ1) is 9.09. The number of carbonyl (C=O) groups excluding carboxylic acids is 2. The summed E-state index contributed by atoms with van der Waals surface area (Å²) in [5.74, 6) is -0.695. The molecule has 0 unspecified atom stereocenters. The Hall–Kier alpha value is -2.69. The maximum atomic E-state index is 12.3. The molecule has 0 saturated heterocycles. The van der Waals surface area contributed by atoms with Gasteiger partial charge in [-0.2, -0.15) is 0 Å². The van der Waals surface area contributed by atoms with Crippen molar-refractivity contribution >= 4 is 23.2 Å². The molecule has 0 saturated carbocycles. The van der Waals surface area contributed by atoms with Crippen LogP contribution in [0.15, 0.2) is 36.7 Å². The zero-order valence-electron chi connectivity index (χ0n) is 10.3. The van der Waals surface area contributed by atoms with Crippen LogP contribution in [-0.2, 0) is 0 Å². The van der Waals surface area contributed by atoms with Gasteiger partial charge in [-0.15, -0.1) is 0 Å². The van der Waals surface area contributed by atoms with E-state index in [4.69, 9.17) is 5.73 Å². The smallest absolute Gasteiger partial charge is 0.266 e. The third-order valence-electron chi connectivity index (χ3n) is 3.11. The van der Waals surface area contributed by atoms with Gasteiger partial charge in [-0.05, 0) is 25.1 Å². The Kier molecular flexibility index (Phi) is 2.35. The molecule has 0 fully saturated rings. The van der Waals surface area contributed by atoms with Gasteiger partial charge in [0.05, 0.1) is 28.7 Å². The highest BCUT2D eigenvalue weighted by molar-refractivity contribution is 6.35. The van der Waals surface area contributed by atoms with Crippen LogP contribution < -0.4 is 10.6 Å². The number of aryl methyl sites for hydroxylation is 1. The minimum absolute atomic E-state index is 0.300. The van der Waals surface area contributed by atoms with Crippen LogP contribution in [0.4, 0.5) is 11.4 Å². The number of hydrogen-bond donors (Lipinski definition) is 1. The molecular weight excluding hydrogens is 242 g/mol. The van der Waals surface area contributed by atoms with Gasteiger partial charge in [0.25, 0.3) is 11.8 Å². The molecule has 0 spiro atoms. The summed E-state index contributed by atoms with van der Waals surface area (Å²) < 4.78 is 0. The topological polar surface area (TPSA) is 76.3 Å². The SMILES string of the molecule is Cc1ccc2c(c1)C(=O)N(c1ccncc1N)C2=O. The van der Waals surface area contributed by atoms with Crippen LogP contribution >= 0.6 is 0 Å². The summed E-state index contributed by atoms with van der Waals surface area (Å²) >= 11 is 0. The third kappa shape index (κ3) is 1.59. The molecule has 0 bridgehead atoms. The van der Waals surface area contributed by atoms with Gasteiger partial charge < -0.3 is 5.73 Å². The van der Waals surface area contributed by atoms with E-state index in [1.54, 1.807) is 18.2 Å². The fourth-order valence-electron chi connectivity index (χ4n) is 2.18. The van der Waals surface area contributed by atoms with E-state index in [9.17, 15) is 9.59 Å². The summed E-state index contributed by atoms with van der Waals surface area (Å²) in [5, 5.41) is 0. The number of nitrogens with two attached hydrogens (primary N) is 1. The Bertz CT molecular complexity index is 710. The fraction of sp³-hybridized carbons (Fsp3) is 0.0714. The maximum Gasteiger partial charge on any atom is 0.266 e. The van der Waals surface area contributed by atoms with Crippen LogP contribution in [0.5, 0.6) is 0 Å².